The number of nitrogens with zero attached hydrogens (tertiary/aromatic N) is 4. The monoisotopic (exact) mass is 786 g/mol. The van der Waals surface area contributed by atoms with Gasteiger partial charge in [-0.1, -0.05) is 129 Å². The molecule has 282 valence electrons. The molecule has 4 aromatic heterocycles. The molecule has 0 saturated carbocycles. The average molecular weight is 787 g/mol. The van der Waals surface area contributed by atoms with Gasteiger partial charge in [0.2, 0.25) is 0 Å². The Labute approximate surface area is 348 Å². The van der Waals surface area contributed by atoms with Crippen LogP contribution in [0.15, 0.2) is 174 Å². The smallest absolute Gasteiger partial charge is 0.165 e. The van der Waals surface area contributed by atoms with Crippen LogP contribution in [0.3, 0.4) is 0 Å². The predicted octanol–water partition coefficient (Wildman–Crippen LogP) is 14.5. The summed E-state index contributed by atoms with van der Waals surface area (Å²) >= 11 is 1.75. The first-order chi connectivity index (χ1) is 29.5. The second-order valence-corrected chi connectivity index (χ2v) is 17.4. The van der Waals surface area contributed by atoms with Crippen LogP contribution in [-0.2, 0) is 5.41 Å². The molecule has 60 heavy (non-hydrogen) atoms. The van der Waals surface area contributed by atoms with Gasteiger partial charge in [-0.25, -0.2) is 15.0 Å². The fourth-order valence-electron chi connectivity index (χ4n) is 9.94. The number of furan rings is 1. The molecular weight excluding hydrogens is 753 g/mol. The van der Waals surface area contributed by atoms with Crippen molar-refractivity contribution in [3.8, 4) is 51.0 Å². The second kappa shape index (κ2) is 12.3. The van der Waals surface area contributed by atoms with Gasteiger partial charge in [0.25, 0.3) is 0 Å². The van der Waals surface area contributed by atoms with Gasteiger partial charge in [0.15, 0.2) is 17.5 Å². The molecule has 0 fully saturated rings. The van der Waals surface area contributed by atoms with Crippen molar-refractivity contribution < 1.29 is 4.42 Å². The third kappa shape index (κ3) is 4.65. The van der Waals surface area contributed by atoms with Crippen molar-refractivity contribution in [3.63, 3.8) is 0 Å². The van der Waals surface area contributed by atoms with E-state index in [1.807, 2.05) is 30.3 Å². The molecule has 0 amide bonds. The predicted molar refractivity (Wildman–Crippen MR) is 248 cm³/mol. The number of hydrogen-bond donors (Lipinski definition) is 0. The van der Waals surface area contributed by atoms with Crippen molar-refractivity contribution in [2.45, 2.75) is 19.3 Å². The van der Waals surface area contributed by atoms with Crippen LogP contribution in [0.1, 0.15) is 25.0 Å². The van der Waals surface area contributed by atoms with Gasteiger partial charge < -0.3 is 8.98 Å². The number of benzene rings is 8. The minimum Gasteiger partial charge on any atom is -0.455 e. The third-order valence-corrected chi connectivity index (χ3v) is 13.8. The largest absolute Gasteiger partial charge is 0.455 e. The molecule has 13 rings (SSSR count). The van der Waals surface area contributed by atoms with Crippen LogP contribution in [0.5, 0.6) is 0 Å². The molecule has 0 unspecified atom stereocenters. The standard InChI is InChI=1S/C54H34N4OS/c1-54(2)41-20-10-6-16-34(41)36-28-29-43-46(48(36)54)37-18-7-11-21-42(37)58(43)33-26-24-32(25-27-33)52-55-51(31-14-4-3-5-15-31)56-53(57-52)40-30-39-35-17-8-12-22-44(35)59-49(39)47-38-19-9-13-23-45(38)60-50(40)47/h3-30H,1-2H3. The number of fused-ring (bicyclic) bond motifs is 14. The van der Waals surface area contributed by atoms with E-state index < -0.39 is 0 Å². The lowest BCUT2D eigenvalue weighted by atomic mass is 9.80. The van der Waals surface area contributed by atoms with Gasteiger partial charge in [0.05, 0.1) is 15.7 Å². The molecule has 0 aliphatic heterocycles. The molecule has 0 saturated heterocycles. The number of rotatable bonds is 4. The van der Waals surface area contributed by atoms with E-state index in [1.54, 1.807) is 11.3 Å². The number of para-hydroxylation sites is 2. The fourth-order valence-corrected chi connectivity index (χ4v) is 11.2. The molecule has 0 bridgehead atoms. The second-order valence-electron chi connectivity index (χ2n) is 16.3. The summed E-state index contributed by atoms with van der Waals surface area (Å²) in [6, 6.07) is 60.3. The van der Waals surface area contributed by atoms with Crippen molar-refractivity contribution >= 4 is 75.3 Å². The van der Waals surface area contributed by atoms with E-state index in [9.17, 15) is 0 Å². The van der Waals surface area contributed by atoms with Gasteiger partial charge in [-0.2, -0.15) is 0 Å². The lowest BCUT2D eigenvalue weighted by Crippen LogP contribution is -2.15. The highest BCUT2D eigenvalue weighted by Gasteiger charge is 2.38. The first-order valence-electron chi connectivity index (χ1n) is 20.4. The molecule has 6 heteroatoms. The van der Waals surface area contributed by atoms with Gasteiger partial charge >= 0.3 is 0 Å². The minimum atomic E-state index is -0.131. The summed E-state index contributed by atoms with van der Waals surface area (Å²) in [5.74, 6) is 1.88. The number of aromatic nitrogens is 4. The van der Waals surface area contributed by atoms with E-state index in [1.165, 1.54) is 54.1 Å². The highest BCUT2D eigenvalue weighted by molar-refractivity contribution is 7.26. The summed E-state index contributed by atoms with van der Waals surface area (Å²) in [5.41, 5.74) is 13.3. The molecule has 0 N–H and O–H groups in total. The maximum atomic E-state index is 6.60. The first-order valence-corrected chi connectivity index (χ1v) is 21.2. The molecule has 8 aromatic carbocycles. The van der Waals surface area contributed by atoms with E-state index in [-0.39, 0.29) is 5.41 Å². The van der Waals surface area contributed by atoms with Crippen molar-refractivity contribution in [2.75, 3.05) is 0 Å². The third-order valence-electron chi connectivity index (χ3n) is 12.6. The van der Waals surface area contributed by atoms with Crippen LogP contribution in [0, 0.1) is 0 Å². The van der Waals surface area contributed by atoms with Crippen LogP contribution in [-0.4, -0.2) is 19.5 Å². The van der Waals surface area contributed by atoms with E-state index in [4.69, 9.17) is 19.4 Å². The van der Waals surface area contributed by atoms with Gasteiger partial charge in [-0.3, -0.25) is 0 Å². The Morgan fingerprint density at radius 1 is 0.500 bits per heavy atom. The maximum absolute atomic E-state index is 6.60. The Morgan fingerprint density at radius 2 is 1.17 bits per heavy atom. The van der Waals surface area contributed by atoms with Gasteiger partial charge in [-0.05, 0) is 76.9 Å². The van der Waals surface area contributed by atoms with Crippen LogP contribution < -0.4 is 0 Å². The highest BCUT2D eigenvalue weighted by Crippen LogP contribution is 2.53. The van der Waals surface area contributed by atoms with Gasteiger partial charge in [0, 0.05) is 64.8 Å². The van der Waals surface area contributed by atoms with Crippen LogP contribution in [0.25, 0.3) is 115 Å². The van der Waals surface area contributed by atoms with E-state index in [2.05, 4.69) is 158 Å². The highest BCUT2D eigenvalue weighted by atomic mass is 32.1. The zero-order valence-corrected chi connectivity index (χ0v) is 33.6. The van der Waals surface area contributed by atoms with Crippen molar-refractivity contribution in [1.82, 2.24) is 19.5 Å². The molecule has 1 aliphatic carbocycles. The molecular formula is C54H34N4OS. The normalized spacial score (nSPS) is 13.3. The van der Waals surface area contributed by atoms with Crippen molar-refractivity contribution in [2.24, 2.45) is 0 Å². The summed E-state index contributed by atoms with van der Waals surface area (Å²) < 4.78 is 11.3. The van der Waals surface area contributed by atoms with Crippen molar-refractivity contribution in [1.29, 1.82) is 0 Å². The summed E-state index contributed by atoms with van der Waals surface area (Å²) in [6.45, 7) is 4.73. The molecule has 1 aliphatic rings. The van der Waals surface area contributed by atoms with E-state index >= 15 is 0 Å². The topological polar surface area (TPSA) is 56.7 Å². The lowest BCUT2D eigenvalue weighted by molar-refractivity contribution is 0.666. The fraction of sp³-hybridized carbons (Fsp3) is 0.0556. The molecule has 0 spiro atoms. The Morgan fingerprint density at radius 3 is 2.00 bits per heavy atom. The summed E-state index contributed by atoms with van der Waals surface area (Å²) in [7, 11) is 0. The van der Waals surface area contributed by atoms with Gasteiger partial charge in [0.1, 0.15) is 11.2 Å². The average Bonchev–Trinajstić information content (AvgIpc) is 4.03. The molecule has 0 radical (unpaired) electrons. The SMILES string of the molecule is CC1(C)c2ccccc2-c2ccc3c(c21)c1ccccc1n3-c1ccc(-c2nc(-c3ccccc3)nc(-c3cc4c5ccccc5oc4c4c3sc3ccccc34)n2)cc1. The van der Waals surface area contributed by atoms with Crippen LogP contribution in [0.2, 0.25) is 0 Å². The van der Waals surface area contributed by atoms with Gasteiger partial charge in [-0.15, -0.1) is 11.3 Å². The minimum absolute atomic E-state index is 0.131. The Bertz CT molecular complexity index is 3740. The molecule has 5 nitrogen and oxygen atoms in total. The van der Waals surface area contributed by atoms with E-state index in [0.29, 0.717) is 17.5 Å². The quantitative estimate of drug-likeness (QED) is 0.178. The molecule has 0 atom stereocenters. The van der Waals surface area contributed by atoms with Crippen LogP contribution >= 0.6 is 11.3 Å². The molecule has 4 heterocycles. The number of thiophene rings is 1. The first kappa shape index (κ1) is 33.6. The zero-order chi connectivity index (χ0) is 39.7. The Kier molecular flexibility index (Phi) is 6.88. The maximum Gasteiger partial charge on any atom is 0.165 e. The zero-order valence-electron chi connectivity index (χ0n) is 32.8. The summed E-state index contributed by atoms with van der Waals surface area (Å²) in [4.78, 5) is 15.7. The van der Waals surface area contributed by atoms with E-state index in [0.717, 1.165) is 54.4 Å². The summed E-state index contributed by atoms with van der Waals surface area (Å²) in [5, 5.41) is 6.96. The Balaban J connectivity index is 1.01. The summed E-state index contributed by atoms with van der Waals surface area (Å²) in [6.07, 6.45) is 0. The van der Waals surface area contributed by atoms with Crippen LogP contribution in [0.4, 0.5) is 0 Å². The Hall–Kier alpha value is -7.41. The lowest BCUT2D eigenvalue weighted by Gasteiger charge is -2.22. The van der Waals surface area contributed by atoms with Crippen molar-refractivity contribution in [3.05, 3.63) is 181 Å². The number of hydrogen-bond acceptors (Lipinski definition) is 5. The molecule has 12 aromatic rings.